The summed E-state index contributed by atoms with van der Waals surface area (Å²) in [5.74, 6) is 0.448. The van der Waals surface area contributed by atoms with Crippen LogP contribution in [0.2, 0.25) is 0 Å². The van der Waals surface area contributed by atoms with E-state index in [1.165, 1.54) is 18.9 Å². The minimum absolute atomic E-state index is 0.448. The summed E-state index contributed by atoms with van der Waals surface area (Å²) < 4.78 is 37.7. The van der Waals surface area contributed by atoms with E-state index in [0.717, 1.165) is 12.8 Å². The first kappa shape index (κ1) is 11.8. The Morgan fingerprint density at radius 3 is 2.21 bits per heavy atom. The van der Waals surface area contributed by atoms with E-state index in [4.69, 9.17) is 5.73 Å². The van der Waals surface area contributed by atoms with Crippen LogP contribution in [0.1, 0.15) is 19.8 Å². The van der Waals surface area contributed by atoms with Crippen molar-refractivity contribution in [2.24, 2.45) is 11.7 Å². The van der Waals surface area contributed by atoms with Crippen LogP contribution >= 0.6 is 0 Å². The van der Waals surface area contributed by atoms with E-state index in [9.17, 15) is 13.2 Å². The van der Waals surface area contributed by atoms with Gasteiger partial charge in [0.1, 0.15) is 6.04 Å². The van der Waals surface area contributed by atoms with Crippen molar-refractivity contribution >= 4 is 0 Å². The molecule has 2 atom stereocenters. The van der Waals surface area contributed by atoms with Crippen LogP contribution < -0.4 is 5.73 Å². The molecule has 1 aliphatic carbocycles. The third kappa shape index (κ3) is 3.13. The molecule has 0 aromatic heterocycles. The fourth-order valence-corrected chi connectivity index (χ4v) is 1.77. The van der Waals surface area contributed by atoms with Crippen molar-refractivity contribution in [1.82, 2.24) is 4.90 Å². The molecule has 0 aromatic carbocycles. The van der Waals surface area contributed by atoms with E-state index in [2.05, 4.69) is 0 Å². The first-order valence-corrected chi connectivity index (χ1v) is 4.85. The summed E-state index contributed by atoms with van der Waals surface area (Å²) in [6, 6.07) is -2.39. The average Bonchev–Trinajstić information content (AvgIpc) is 2.65. The number of rotatable bonds is 4. The number of hydrogen-bond acceptors (Lipinski definition) is 2. The predicted octanol–water partition coefficient (Wildman–Crippen LogP) is 1.61. The lowest BCUT2D eigenvalue weighted by atomic mass is 10.1. The summed E-state index contributed by atoms with van der Waals surface area (Å²) in [6.07, 6.45) is -2.13. The molecule has 14 heavy (non-hydrogen) atoms. The van der Waals surface area contributed by atoms with E-state index in [-0.39, 0.29) is 0 Å². The van der Waals surface area contributed by atoms with Crippen molar-refractivity contribution in [3.8, 4) is 0 Å². The molecule has 0 aromatic rings. The molecule has 0 heterocycles. The fourth-order valence-electron chi connectivity index (χ4n) is 1.77. The first-order chi connectivity index (χ1) is 6.32. The zero-order chi connectivity index (χ0) is 10.9. The summed E-state index contributed by atoms with van der Waals surface area (Å²) in [6.45, 7) is 1.91. The maximum Gasteiger partial charge on any atom is 0.405 e. The minimum Gasteiger partial charge on any atom is -0.326 e. The second-order valence-corrected chi connectivity index (χ2v) is 4.23. The molecule has 0 amide bonds. The Hall–Kier alpha value is -0.290. The summed E-state index contributed by atoms with van der Waals surface area (Å²) >= 11 is 0. The molecule has 2 N–H and O–H groups in total. The van der Waals surface area contributed by atoms with Crippen LogP contribution in [0.5, 0.6) is 0 Å². The van der Waals surface area contributed by atoms with Gasteiger partial charge in [-0.15, -0.1) is 0 Å². The van der Waals surface area contributed by atoms with Gasteiger partial charge in [0.15, 0.2) is 0 Å². The molecule has 5 heteroatoms. The van der Waals surface area contributed by atoms with Crippen molar-refractivity contribution in [2.45, 2.75) is 38.0 Å². The van der Waals surface area contributed by atoms with E-state index >= 15 is 0 Å². The lowest BCUT2D eigenvalue weighted by Gasteiger charge is -2.32. The van der Waals surface area contributed by atoms with Gasteiger partial charge >= 0.3 is 6.18 Å². The van der Waals surface area contributed by atoms with Gasteiger partial charge in [0.05, 0.1) is 0 Å². The van der Waals surface area contributed by atoms with Crippen LogP contribution in [0.25, 0.3) is 0 Å². The maximum absolute atomic E-state index is 12.6. The third-order valence-electron chi connectivity index (χ3n) is 2.55. The first-order valence-electron chi connectivity index (χ1n) is 4.85. The van der Waals surface area contributed by atoms with Gasteiger partial charge in [-0.3, -0.25) is 4.90 Å². The monoisotopic (exact) mass is 210 g/mol. The molecule has 0 bridgehead atoms. The maximum atomic E-state index is 12.6. The molecule has 0 radical (unpaired) electrons. The SMILES string of the molecule is CC(N)C(N(C)CC1CC1)C(F)(F)F. The lowest BCUT2D eigenvalue weighted by molar-refractivity contribution is -0.185. The molecule has 84 valence electrons. The van der Waals surface area contributed by atoms with Crippen LogP contribution in [-0.2, 0) is 0 Å². The minimum atomic E-state index is -4.22. The standard InChI is InChI=1S/C9H17F3N2/c1-6(13)8(9(10,11)12)14(2)5-7-3-4-7/h6-8H,3-5,13H2,1-2H3. The number of nitrogens with two attached hydrogens (primary N) is 1. The largest absolute Gasteiger partial charge is 0.405 e. The molecule has 1 saturated carbocycles. The Kier molecular flexibility index (Phi) is 3.42. The number of alkyl halides is 3. The van der Waals surface area contributed by atoms with Gasteiger partial charge in [-0.1, -0.05) is 0 Å². The van der Waals surface area contributed by atoms with Gasteiger partial charge in [-0.05, 0) is 32.7 Å². The van der Waals surface area contributed by atoms with Gasteiger partial charge in [0, 0.05) is 12.6 Å². The van der Waals surface area contributed by atoms with Crippen LogP contribution in [-0.4, -0.2) is 36.8 Å². The van der Waals surface area contributed by atoms with Crippen molar-refractivity contribution in [2.75, 3.05) is 13.6 Å². The highest BCUT2D eigenvalue weighted by molar-refractivity contribution is 4.87. The molecule has 2 nitrogen and oxygen atoms in total. The number of halogens is 3. The smallest absolute Gasteiger partial charge is 0.326 e. The van der Waals surface area contributed by atoms with Crippen molar-refractivity contribution in [1.29, 1.82) is 0 Å². The molecule has 1 rings (SSSR count). The number of nitrogens with zero attached hydrogens (tertiary/aromatic N) is 1. The fraction of sp³-hybridized carbons (Fsp3) is 1.00. The molecule has 1 aliphatic rings. The Labute approximate surface area is 82.2 Å². The second kappa shape index (κ2) is 4.06. The van der Waals surface area contributed by atoms with Gasteiger partial charge in [-0.25, -0.2) is 0 Å². The van der Waals surface area contributed by atoms with Crippen molar-refractivity contribution in [3.05, 3.63) is 0 Å². The number of hydrogen-bond donors (Lipinski definition) is 1. The Balaban J connectivity index is 2.55. The van der Waals surface area contributed by atoms with Crippen LogP contribution in [0, 0.1) is 5.92 Å². The topological polar surface area (TPSA) is 29.3 Å². The highest BCUT2D eigenvalue weighted by atomic mass is 19.4. The van der Waals surface area contributed by atoms with Crippen LogP contribution in [0.4, 0.5) is 13.2 Å². The molecule has 2 unspecified atom stereocenters. The number of likely N-dealkylation sites (N-methyl/N-ethyl adjacent to an activating group) is 1. The Bertz CT molecular complexity index is 187. The second-order valence-electron chi connectivity index (χ2n) is 4.23. The highest BCUT2D eigenvalue weighted by Crippen LogP contribution is 2.33. The van der Waals surface area contributed by atoms with E-state index < -0.39 is 18.3 Å². The van der Waals surface area contributed by atoms with E-state index in [1.54, 1.807) is 0 Å². The van der Waals surface area contributed by atoms with Gasteiger partial charge in [0.2, 0.25) is 0 Å². The van der Waals surface area contributed by atoms with E-state index in [0.29, 0.717) is 12.5 Å². The summed E-state index contributed by atoms with van der Waals surface area (Å²) in [5.41, 5.74) is 5.36. The summed E-state index contributed by atoms with van der Waals surface area (Å²) in [5, 5.41) is 0. The van der Waals surface area contributed by atoms with Crippen LogP contribution in [0.15, 0.2) is 0 Å². The highest BCUT2D eigenvalue weighted by Gasteiger charge is 2.45. The van der Waals surface area contributed by atoms with Gasteiger partial charge in [-0.2, -0.15) is 13.2 Å². The zero-order valence-corrected chi connectivity index (χ0v) is 8.51. The third-order valence-corrected chi connectivity index (χ3v) is 2.55. The molecular formula is C9H17F3N2. The summed E-state index contributed by atoms with van der Waals surface area (Å²) in [4.78, 5) is 1.34. The molecular weight excluding hydrogens is 193 g/mol. The normalized spacial score (nSPS) is 22.5. The molecule has 0 saturated heterocycles. The summed E-state index contributed by atoms with van der Waals surface area (Å²) in [7, 11) is 1.50. The van der Waals surface area contributed by atoms with Crippen LogP contribution in [0.3, 0.4) is 0 Å². The Morgan fingerprint density at radius 2 is 1.93 bits per heavy atom. The van der Waals surface area contributed by atoms with Gasteiger partial charge in [0.25, 0.3) is 0 Å². The lowest BCUT2D eigenvalue weighted by Crippen LogP contribution is -2.54. The van der Waals surface area contributed by atoms with Crippen molar-refractivity contribution < 1.29 is 13.2 Å². The molecule has 0 spiro atoms. The zero-order valence-electron chi connectivity index (χ0n) is 8.51. The molecule has 1 fully saturated rings. The van der Waals surface area contributed by atoms with Gasteiger partial charge < -0.3 is 5.73 Å². The Morgan fingerprint density at radius 1 is 1.43 bits per heavy atom. The quantitative estimate of drug-likeness (QED) is 0.763. The average molecular weight is 210 g/mol. The predicted molar refractivity (Wildman–Crippen MR) is 48.8 cm³/mol. The molecule has 0 aliphatic heterocycles. The van der Waals surface area contributed by atoms with E-state index in [1.807, 2.05) is 0 Å². The van der Waals surface area contributed by atoms with Crippen molar-refractivity contribution in [3.63, 3.8) is 0 Å².